The van der Waals surface area contributed by atoms with Gasteiger partial charge in [0.2, 0.25) is 0 Å². The van der Waals surface area contributed by atoms with Gasteiger partial charge in [-0.15, -0.1) is 0 Å². The number of carboxylic acid groups (broad SMARTS) is 1. The molecule has 1 amide bonds. The Balaban J connectivity index is 2.01. The fourth-order valence-electron chi connectivity index (χ4n) is 1.67. The third kappa shape index (κ3) is 4.04. The number of benzene rings is 2. The highest BCUT2D eigenvalue weighted by Crippen LogP contribution is 2.17. The second kappa shape index (κ2) is 6.51. The van der Waals surface area contributed by atoms with Crippen molar-refractivity contribution in [2.24, 2.45) is 0 Å². The number of anilines is 1. The van der Waals surface area contributed by atoms with Crippen LogP contribution in [-0.4, -0.2) is 17.2 Å². The minimum absolute atomic E-state index is 0.0260. The van der Waals surface area contributed by atoms with Gasteiger partial charge in [-0.1, -0.05) is 30.3 Å². The van der Waals surface area contributed by atoms with Gasteiger partial charge in [-0.25, -0.2) is 14.0 Å². The summed E-state index contributed by atoms with van der Waals surface area (Å²) in [6.45, 7) is 0.0519. The summed E-state index contributed by atoms with van der Waals surface area (Å²) in [6, 6.07) is 12.1. The summed E-state index contributed by atoms with van der Waals surface area (Å²) in [5.41, 5.74) is 0.429. The molecular weight excluding hydrogens is 277 g/mol. The van der Waals surface area contributed by atoms with Crippen LogP contribution in [0, 0.1) is 5.82 Å². The van der Waals surface area contributed by atoms with Crippen LogP contribution >= 0.6 is 0 Å². The van der Waals surface area contributed by atoms with E-state index >= 15 is 0 Å². The molecule has 2 rings (SSSR count). The third-order valence-electron chi connectivity index (χ3n) is 2.66. The molecule has 0 aliphatic rings. The zero-order valence-electron chi connectivity index (χ0n) is 10.9. The van der Waals surface area contributed by atoms with Crippen LogP contribution in [0.4, 0.5) is 14.9 Å². The highest BCUT2D eigenvalue weighted by Gasteiger charge is 2.14. The van der Waals surface area contributed by atoms with Crippen LogP contribution in [0.25, 0.3) is 0 Å². The summed E-state index contributed by atoms with van der Waals surface area (Å²) < 4.78 is 18.0. The van der Waals surface area contributed by atoms with Crippen LogP contribution in [0.2, 0.25) is 0 Å². The molecule has 0 unspecified atom stereocenters. The Morgan fingerprint density at radius 3 is 2.52 bits per heavy atom. The molecule has 6 heteroatoms. The molecule has 0 atom stereocenters. The first-order valence-corrected chi connectivity index (χ1v) is 6.07. The molecule has 5 nitrogen and oxygen atoms in total. The lowest BCUT2D eigenvalue weighted by molar-refractivity contribution is 0.0697. The van der Waals surface area contributed by atoms with E-state index in [9.17, 15) is 14.0 Å². The molecule has 108 valence electrons. The number of amides is 1. The molecule has 0 fully saturated rings. The van der Waals surface area contributed by atoms with Crippen LogP contribution in [-0.2, 0) is 11.3 Å². The highest BCUT2D eigenvalue weighted by atomic mass is 19.1. The topological polar surface area (TPSA) is 75.6 Å². The van der Waals surface area contributed by atoms with Gasteiger partial charge in [-0.05, 0) is 23.8 Å². The van der Waals surface area contributed by atoms with Crippen LogP contribution < -0.4 is 5.32 Å². The maximum absolute atomic E-state index is 13.0. The lowest BCUT2D eigenvalue weighted by atomic mass is 10.2. The number of aromatic carboxylic acids is 1. The Kier molecular flexibility index (Phi) is 4.50. The Morgan fingerprint density at radius 2 is 1.86 bits per heavy atom. The van der Waals surface area contributed by atoms with E-state index in [1.807, 2.05) is 6.07 Å². The normalized spacial score (nSPS) is 9.95. The number of nitrogens with one attached hydrogen (secondary N) is 1. The van der Waals surface area contributed by atoms with Crippen molar-refractivity contribution in [3.05, 3.63) is 65.5 Å². The highest BCUT2D eigenvalue weighted by molar-refractivity contribution is 5.98. The summed E-state index contributed by atoms with van der Waals surface area (Å²) in [5, 5.41) is 11.2. The lowest BCUT2D eigenvalue weighted by Crippen LogP contribution is -2.16. The van der Waals surface area contributed by atoms with Gasteiger partial charge in [0.05, 0.1) is 11.3 Å². The maximum atomic E-state index is 13.0. The van der Waals surface area contributed by atoms with Crippen molar-refractivity contribution in [3.63, 3.8) is 0 Å². The summed E-state index contributed by atoms with van der Waals surface area (Å²) >= 11 is 0. The van der Waals surface area contributed by atoms with Gasteiger partial charge in [-0.3, -0.25) is 5.32 Å². The van der Waals surface area contributed by atoms with Crippen molar-refractivity contribution in [1.82, 2.24) is 0 Å². The Labute approximate surface area is 120 Å². The molecule has 2 aromatic rings. The molecule has 0 aromatic heterocycles. The van der Waals surface area contributed by atoms with Crippen molar-refractivity contribution < 1.29 is 23.8 Å². The largest absolute Gasteiger partial charge is 0.478 e. The van der Waals surface area contributed by atoms with Crippen molar-refractivity contribution in [3.8, 4) is 0 Å². The molecule has 21 heavy (non-hydrogen) atoms. The van der Waals surface area contributed by atoms with E-state index in [4.69, 9.17) is 9.84 Å². The predicted octanol–water partition coefficient (Wildman–Crippen LogP) is 3.27. The second-order valence-corrected chi connectivity index (χ2v) is 4.18. The molecule has 0 saturated heterocycles. The van der Waals surface area contributed by atoms with Gasteiger partial charge in [-0.2, -0.15) is 0 Å². The number of rotatable bonds is 4. The number of hydrogen-bond donors (Lipinski definition) is 2. The first-order valence-electron chi connectivity index (χ1n) is 6.07. The van der Waals surface area contributed by atoms with Crippen molar-refractivity contribution in [2.75, 3.05) is 5.32 Å². The van der Waals surface area contributed by atoms with Gasteiger partial charge in [0, 0.05) is 0 Å². The molecule has 2 N–H and O–H groups in total. The number of carbonyl (C=O) groups is 2. The van der Waals surface area contributed by atoms with E-state index in [2.05, 4.69) is 5.32 Å². The van der Waals surface area contributed by atoms with Crippen molar-refractivity contribution in [2.45, 2.75) is 6.61 Å². The van der Waals surface area contributed by atoms with Gasteiger partial charge >= 0.3 is 12.1 Å². The van der Waals surface area contributed by atoms with Crippen LogP contribution in [0.3, 0.4) is 0 Å². The monoisotopic (exact) mass is 289 g/mol. The SMILES string of the molecule is O=C(Nc1ccc(F)cc1C(=O)O)OCc1ccccc1. The molecule has 0 heterocycles. The summed E-state index contributed by atoms with van der Waals surface area (Å²) in [5.74, 6) is -2.04. The third-order valence-corrected chi connectivity index (χ3v) is 2.66. The van der Waals surface area contributed by atoms with E-state index in [0.29, 0.717) is 0 Å². The molecule has 0 aliphatic carbocycles. The van der Waals surface area contributed by atoms with E-state index in [-0.39, 0.29) is 17.9 Å². The Bertz CT molecular complexity index is 658. The molecule has 0 radical (unpaired) electrons. The summed E-state index contributed by atoms with van der Waals surface area (Å²) in [7, 11) is 0. The lowest BCUT2D eigenvalue weighted by Gasteiger charge is -2.09. The first kappa shape index (κ1) is 14.5. The standard InChI is InChI=1S/C15H12FNO4/c16-11-6-7-13(12(8-11)14(18)19)17-15(20)21-9-10-4-2-1-3-5-10/h1-8H,9H2,(H,17,20)(H,18,19). The minimum atomic E-state index is -1.34. The molecule has 0 saturated carbocycles. The molecule has 0 aliphatic heterocycles. The van der Waals surface area contributed by atoms with Crippen molar-refractivity contribution >= 4 is 17.7 Å². The number of halogens is 1. The van der Waals surface area contributed by atoms with E-state index in [1.165, 1.54) is 6.07 Å². The van der Waals surface area contributed by atoms with E-state index < -0.39 is 17.9 Å². The molecule has 2 aromatic carbocycles. The van der Waals surface area contributed by atoms with Gasteiger partial charge in [0.1, 0.15) is 12.4 Å². The fourth-order valence-corrected chi connectivity index (χ4v) is 1.67. The molecule has 0 spiro atoms. The fraction of sp³-hybridized carbons (Fsp3) is 0.0667. The van der Waals surface area contributed by atoms with Gasteiger partial charge < -0.3 is 9.84 Å². The van der Waals surface area contributed by atoms with E-state index in [1.54, 1.807) is 24.3 Å². The number of ether oxygens (including phenoxy) is 1. The maximum Gasteiger partial charge on any atom is 0.411 e. The Morgan fingerprint density at radius 1 is 1.14 bits per heavy atom. The zero-order chi connectivity index (χ0) is 15.2. The molecule has 0 bridgehead atoms. The predicted molar refractivity (Wildman–Crippen MR) is 73.6 cm³/mol. The second-order valence-electron chi connectivity index (χ2n) is 4.18. The summed E-state index contributed by atoms with van der Waals surface area (Å²) in [6.07, 6.45) is -0.812. The van der Waals surface area contributed by atoms with Crippen LogP contribution in [0.1, 0.15) is 15.9 Å². The number of carbonyl (C=O) groups excluding carboxylic acids is 1. The Hall–Kier alpha value is -2.89. The quantitative estimate of drug-likeness (QED) is 0.905. The van der Waals surface area contributed by atoms with Crippen LogP contribution in [0.5, 0.6) is 0 Å². The number of carboxylic acids is 1. The van der Waals surface area contributed by atoms with Gasteiger partial charge in [0.25, 0.3) is 0 Å². The minimum Gasteiger partial charge on any atom is -0.478 e. The first-order chi connectivity index (χ1) is 10.1. The molecular formula is C15H12FNO4. The van der Waals surface area contributed by atoms with E-state index in [0.717, 1.165) is 17.7 Å². The van der Waals surface area contributed by atoms with Gasteiger partial charge in [0.15, 0.2) is 0 Å². The zero-order valence-corrected chi connectivity index (χ0v) is 10.9. The average molecular weight is 289 g/mol. The smallest absolute Gasteiger partial charge is 0.411 e. The average Bonchev–Trinajstić information content (AvgIpc) is 2.48. The number of hydrogen-bond acceptors (Lipinski definition) is 3. The van der Waals surface area contributed by atoms with Crippen molar-refractivity contribution in [1.29, 1.82) is 0 Å². The van der Waals surface area contributed by atoms with Crippen LogP contribution in [0.15, 0.2) is 48.5 Å². The summed E-state index contributed by atoms with van der Waals surface area (Å²) in [4.78, 5) is 22.6.